The Morgan fingerprint density at radius 2 is 1.90 bits per heavy atom. The summed E-state index contributed by atoms with van der Waals surface area (Å²) in [5.41, 5.74) is 7.45. The lowest BCUT2D eigenvalue weighted by atomic mass is 10.1. The highest BCUT2D eigenvalue weighted by Crippen LogP contribution is 2.32. The first kappa shape index (κ1) is 16.1. The molecule has 0 saturated carbocycles. The third-order valence-electron chi connectivity index (χ3n) is 4.03. The number of benzene rings is 1. The van der Waals surface area contributed by atoms with E-state index in [1.807, 2.05) is 12.1 Å². The van der Waals surface area contributed by atoms with Gasteiger partial charge >= 0.3 is 0 Å². The van der Waals surface area contributed by atoms with Crippen LogP contribution in [0.2, 0.25) is 0 Å². The average molecular weight is 292 g/mol. The highest BCUT2D eigenvalue weighted by molar-refractivity contribution is 5.44. The Morgan fingerprint density at radius 3 is 2.62 bits per heavy atom. The fraction of sp³-hybridized carbons (Fsp3) is 0.647. The lowest BCUT2D eigenvalue weighted by Crippen LogP contribution is -2.32. The van der Waals surface area contributed by atoms with Gasteiger partial charge in [-0.3, -0.25) is 0 Å². The zero-order valence-corrected chi connectivity index (χ0v) is 13.5. The maximum absolute atomic E-state index is 6.35. The lowest BCUT2D eigenvalue weighted by Gasteiger charge is -2.24. The molecule has 1 aliphatic heterocycles. The van der Waals surface area contributed by atoms with Crippen LogP contribution < -0.4 is 15.2 Å². The molecule has 1 aromatic carbocycles. The standard InChI is InChI=1S/C17H28N2O2/c1-4-13(2)11-19(3)12-15(18)14-6-7-16-17(10-14)21-9-5-8-20-16/h6-7,10,13,15H,4-5,8-9,11-12,18H2,1-3H3. The number of hydrogen-bond acceptors (Lipinski definition) is 4. The van der Waals surface area contributed by atoms with Gasteiger partial charge in [0.15, 0.2) is 11.5 Å². The molecular formula is C17H28N2O2. The number of nitrogens with two attached hydrogens (primary N) is 1. The molecular weight excluding hydrogens is 264 g/mol. The Balaban J connectivity index is 1.99. The van der Waals surface area contributed by atoms with Gasteiger partial charge in [0.25, 0.3) is 0 Å². The summed E-state index contributed by atoms with van der Waals surface area (Å²) in [5, 5.41) is 0. The number of nitrogens with zero attached hydrogens (tertiary/aromatic N) is 1. The molecule has 0 radical (unpaired) electrons. The van der Waals surface area contributed by atoms with Gasteiger partial charge in [-0.2, -0.15) is 0 Å². The van der Waals surface area contributed by atoms with E-state index < -0.39 is 0 Å². The molecule has 1 aromatic rings. The molecule has 2 unspecified atom stereocenters. The van der Waals surface area contributed by atoms with Gasteiger partial charge in [-0.05, 0) is 30.7 Å². The number of hydrogen-bond donors (Lipinski definition) is 1. The number of ether oxygens (including phenoxy) is 2. The molecule has 0 bridgehead atoms. The van der Waals surface area contributed by atoms with Crippen LogP contribution in [-0.4, -0.2) is 38.3 Å². The Hall–Kier alpha value is -1.26. The third-order valence-corrected chi connectivity index (χ3v) is 4.03. The van der Waals surface area contributed by atoms with Gasteiger partial charge in [-0.1, -0.05) is 26.3 Å². The van der Waals surface area contributed by atoms with Crippen LogP contribution in [0.5, 0.6) is 11.5 Å². The molecule has 0 amide bonds. The van der Waals surface area contributed by atoms with E-state index in [0.29, 0.717) is 12.5 Å². The number of rotatable bonds is 6. The van der Waals surface area contributed by atoms with Crippen LogP contribution in [0.25, 0.3) is 0 Å². The Bertz CT molecular complexity index is 450. The normalized spacial score (nSPS) is 17.4. The summed E-state index contributed by atoms with van der Waals surface area (Å²) in [5.74, 6) is 2.35. The number of fused-ring (bicyclic) bond motifs is 1. The molecule has 0 aliphatic carbocycles. The van der Waals surface area contributed by atoms with Crippen molar-refractivity contribution in [1.29, 1.82) is 0 Å². The van der Waals surface area contributed by atoms with E-state index in [-0.39, 0.29) is 6.04 Å². The second kappa shape index (κ2) is 7.66. The summed E-state index contributed by atoms with van der Waals surface area (Å²) in [6.45, 7) is 7.85. The first-order chi connectivity index (χ1) is 10.1. The zero-order valence-electron chi connectivity index (χ0n) is 13.5. The molecule has 0 aromatic heterocycles. The molecule has 118 valence electrons. The Morgan fingerprint density at radius 1 is 1.19 bits per heavy atom. The van der Waals surface area contributed by atoms with Crippen molar-refractivity contribution in [2.45, 2.75) is 32.7 Å². The van der Waals surface area contributed by atoms with Gasteiger partial charge in [0.1, 0.15) is 0 Å². The smallest absolute Gasteiger partial charge is 0.161 e. The summed E-state index contributed by atoms with van der Waals surface area (Å²) in [4.78, 5) is 2.31. The minimum atomic E-state index is -0.00351. The molecule has 2 rings (SSSR count). The summed E-state index contributed by atoms with van der Waals surface area (Å²) in [6, 6.07) is 6.05. The van der Waals surface area contributed by atoms with E-state index in [9.17, 15) is 0 Å². The van der Waals surface area contributed by atoms with Crippen LogP contribution >= 0.6 is 0 Å². The largest absolute Gasteiger partial charge is 0.490 e. The molecule has 0 fully saturated rings. The SMILES string of the molecule is CCC(C)CN(C)CC(N)c1ccc2c(c1)OCCCO2. The number of likely N-dealkylation sites (N-methyl/N-ethyl adjacent to an activating group) is 1. The van der Waals surface area contributed by atoms with Crippen molar-refractivity contribution in [1.82, 2.24) is 4.90 Å². The summed E-state index contributed by atoms with van der Waals surface area (Å²) in [7, 11) is 2.13. The van der Waals surface area contributed by atoms with Crippen molar-refractivity contribution >= 4 is 0 Å². The average Bonchev–Trinajstić information content (AvgIpc) is 2.71. The van der Waals surface area contributed by atoms with E-state index in [2.05, 4.69) is 31.9 Å². The van der Waals surface area contributed by atoms with Crippen LogP contribution in [0, 0.1) is 5.92 Å². The molecule has 1 heterocycles. The van der Waals surface area contributed by atoms with Crippen molar-refractivity contribution < 1.29 is 9.47 Å². The molecule has 4 heteroatoms. The van der Waals surface area contributed by atoms with E-state index in [0.717, 1.165) is 43.2 Å². The van der Waals surface area contributed by atoms with Crippen molar-refractivity contribution in [3.05, 3.63) is 23.8 Å². The zero-order chi connectivity index (χ0) is 15.2. The van der Waals surface area contributed by atoms with Gasteiger partial charge in [-0.25, -0.2) is 0 Å². The van der Waals surface area contributed by atoms with Gasteiger partial charge in [0, 0.05) is 25.6 Å². The third kappa shape index (κ3) is 4.61. The topological polar surface area (TPSA) is 47.7 Å². The second-order valence-electron chi connectivity index (χ2n) is 6.10. The molecule has 0 saturated heterocycles. The minimum Gasteiger partial charge on any atom is -0.490 e. The van der Waals surface area contributed by atoms with Crippen LogP contribution in [-0.2, 0) is 0 Å². The van der Waals surface area contributed by atoms with E-state index >= 15 is 0 Å². The van der Waals surface area contributed by atoms with E-state index in [1.165, 1.54) is 6.42 Å². The van der Waals surface area contributed by atoms with Crippen molar-refractivity contribution in [3.8, 4) is 11.5 Å². The van der Waals surface area contributed by atoms with E-state index in [1.54, 1.807) is 0 Å². The summed E-state index contributed by atoms with van der Waals surface area (Å²) in [6.07, 6.45) is 2.12. The van der Waals surface area contributed by atoms with Crippen LogP contribution in [0.1, 0.15) is 38.3 Å². The fourth-order valence-electron chi connectivity index (χ4n) is 2.59. The van der Waals surface area contributed by atoms with Crippen LogP contribution in [0.3, 0.4) is 0 Å². The summed E-state index contributed by atoms with van der Waals surface area (Å²) < 4.78 is 11.4. The van der Waals surface area contributed by atoms with Crippen molar-refractivity contribution in [3.63, 3.8) is 0 Å². The fourth-order valence-corrected chi connectivity index (χ4v) is 2.59. The molecule has 21 heavy (non-hydrogen) atoms. The highest BCUT2D eigenvalue weighted by atomic mass is 16.5. The van der Waals surface area contributed by atoms with Crippen molar-refractivity contribution in [2.75, 3.05) is 33.4 Å². The van der Waals surface area contributed by atoms with Gasteiger partial charge < -0.3 is 20.1 Å². The van der Waals surface area contributed by atoms with Gasteiger partial charge in [0.05, 0.1) is 13.2 Å². The maximum Gasteiger partial charge on any atom is 0.161 e. The predicted molar refractivity (Wildman–Crippen MR) is 85.9 cm³/mol. The van der Waals surface area contributed by atoms with Crippen LogP contribution in [0.4, 0.5) is 0 Å². The first-order valence-electron chi connectivity index (χ1n) is 7.93. The van der Waals surface area contributed by atoms with Gasteiger partial charge in [0.2, 0.25) is 0 Å². The highest BCUT2D eigenvalue weighted by Gasteiger charge is 2.15. The van der Waals surface area contributed by atoms with Crippen LogP contribution in [0.15, 0.2) is 18.2 Å². The van der Waals surface area contributed by atoms with Crippen molar-refractivity contribution in [2.24, 2.45) is 11.7 Å². The maximum atomic E-state index is 6.35. The second-order valence-corrected chi connectivity index (χ2v) is 6.10. The Labute approximate surface area is 128 Å². The summed E-state index contributed by atoms with van der Waals surface area (Å²) >= 11 is 0. The molecule has 1 aliphatic rings. The Kier molecular flexibility index (Phi) is 5.88. The van der Waals surface area contributed by atoms with E-state index in [4.69, 9.17) is 15.2 Å². The lowest BCUT2D eigenvalue weighted by molar-refractivity contribution is 0.267. The molecule has 2 atom stereocenters. The monoisotopic (exact) mass is 292 g/mol. The first-order valence-corrected chi connectivity index (χ1v) is 7.93. The minimum absolute atomic E-state index is 0.00351. The molecule has 4 nitrogen and oxygen atoms in total. The molecule has 2 N–H and O–H groups in total. The molecule has 0 spiro atoms. The van der Waals surface area contributed by atoms with Gasteiger partial charge in [-0.15, -0.1) is 0 Å². The predicted octanol–water partition coefficient (Wildman–Crippen LogP) is 2.83. The quantitative estimate of drug-likeness (QED) is 0.876.